The summed E-state index contributed by atoms with van der Waals surface area (Å²) in [7, 11) is 0. The van der Waals surface area contributed by atoms with E-state index in [2.05, 4.69) is 23.8 Å². The fourth-order valence-electron chi connectivity index (χ4n) is 2.63. The van der Waals surface area contributed by atoms with Crippen molar-refractivity contribution in [2.24, 2.45) is 11.7 Å². The van der Waals surface area contributed by atoms with Crippen molar-refractivity contribution < 1.29 is 33.8 Å². The number of ether oxygens (including phenoxy) is 2. The number of hydrogen-bond acceptors (Lipinski definition) is 7. The Morgan fingerprint density at radius 3 is 1.81 bits per heavy atom. The zero-order valence-corrected chi connectivity index (χ0v) is 18.0. The Labute approximate surface area is 183 Å². The highest BCUT2D eigenvalue weighted by atomic mass is 16.6. The van der Waals surface area contributed by atoms with Gasteiger partial charge in [-0.05, 0) is 32.1 Å². The molecule has 5 N–H and O–H groups in total. The molecule has 0 aromatic rings. The molecule has 31 heavy (non-hydrogen) atoms. The van der Waals surface area contributed by atoms with Gasteiger partial charge in [0, 0.05) is 19.5 Å². The first-order chi connectivity index (χ1) is 14.8. The summed E-state index contributed by atoms with van der Waals surface area (Å²) in [6, 6.07) is -0.740. The number of ketones is 1. The van der Waals surface area contributed by atoms with Crippen LogP contribution in [0.5, 0.6) is 0 Å². The van der Waals surface area contributed by atoms with E-state index < -0.39 is 30.1 Å². The summed E-state index contributed by atoms with van der Waals surface area (Å²) >= 11 is 0. The number of nitrogens with one attached hydrogen (secondary N) is 2. The van der Waals surface area contributed by atoms with Gasteiger partial charge in [0.05, 0.1) is 12.0 Å². The Morgan fingerprint density at radius 1 is 0.871 bits per heavy atom. The number of aliphatic carboxylic acids is 1. The van der Waals surface area contributed by atoms with E-state index in [1.807, 2.05) is 0 Å². The lowest BCUT2D eigenvalue weighted by Crippen LogP contribution is -2.33. The Hall–Kier alpha value is -2.88. The number of amides is 2. The lowest BCUT2D eigenvalue weighted by atomic mass is 9.92. The number of alkyl carbamates (subject to hydrolysis) is 2. The van der Waals surface area contributed by atoms with Crippen LogP contribution in [0, 0.1) is 5.92 Å². The van der Waals surface area contributed by atoms with Crippen molar-refractivity contribution in [1.29, 1.82) is 0 Å². The first-order valence-electron chi connectivity index (χ1n) is 10.4. The number of carbonyl (C=O) groups excluding carboxylic acids is 3. The normalized spacial score (nSPS) is 12.2. The van der Waals surface area contributed by atoms with Gasteiger partial charge in [-0.1, -0.05) is 31.7 Å². The summed E-state index contributed by atoms with van der Waals surface area (Å²) in [6.07, 6.45) is 4.76. The van der Waals surface area contributed by atoms with Gasteiger partial charge in [-0.25, -0.2) is 9.59 Å². The lowest BCUT2D eigenvalue weighted by Gasteiger charge is -2.15. The maximum atomic E-state index is 12.3. The van der Waals surface area contributed by atoms with Gasteiger partial charge < -0.3 is 30.9 Å². The molecule has 2 amide bonds. The minimum atomic E-state index is -1.04. The fraction of sp³-hybridized carbons (Fsp3) is 0.619. The minimum Gasteiger partial charge on any atom is -0.481 e. The number of nitrogens with two attached hydrogens (primary N) is 1. The quantitative estimate of drug-likeness (QED) is 0.186. The number of hydrogen-bond donors (Lipinski definition) is 4. The fourth-order valence-corrected chi connectivity index (χ4v) is 2.63. The molecule has 0 aliphatic carbocycles. The largest absolute Gasteiger partial charge is 0.481 e. The van der Waals surface area contributed by atoms with Gasteiger partial charge in [0.15, 0.2) is 0 Å². The molecule has 176 valence electrons. The Morgan fingerprint density at radius 2 is 1.35 bits per heavy atom. The van der Waals surface area contributed by atoms with Gasteiger partial charge in [-0.2, -0.15) is 0 Å². The maximum Gasteiger partial charge on any atom is 0.407 e. The zero-order valence-electron chi connectivity index (χ0n) is 18.0. The highest BCUT2D eigenvalue weighted by molar-refractivity contribution is 5.87. The van der Waals surface area contributed by atoms with Gasteiger partial charge >= 0.3 is 18.2 Å². The van der Waals surface area contributed by atoms with Crippen LogP contribution < -0.4 is 16.4 Å². The predicted molar refractivity (Wildman–Crippen MR) is 116 cm³/mol. The predicted octanol–water partition coefficient (Wildman–Crippen LogP) is 2.14. The molecular weight excluding hydrogens is 406 g/mol. The van der Waals surface area contributed by atoms with Crippen LogP contribution in [0.3, 0.4) is 0 Å². The van der Waals surface area contributed by atoms with Crippen LogP contribution in [0.4, 0.5) is 9.59 Å². The van der Waals surface area contributed by atoms with Gasteiger partial charge in [0.2, 0.25) is 0 Å². The molecule has 0 radical (unpaired) electrons. The summed E-state index contributed by atoms with van der Waals surface area (Å²) in [5, 5.41) is 14.5. The van der Waals surface area contributed by atoms with E-state index in [4.69, 9.17) is 15.2 Å². The molecule has 0 aromatic heterocycles. The van der Waals surface area contributed by atoms with Crippen molar-refractivity contribution in [3.8, 4) is 0 Å². The van der Waals surface area contributed by atoms with Crippen LogP contribution in [-0.2, 0) is 19.1 Å². The molecule has 0 aliphatic rings. The number of Topliss-reactive ketones (excluding diaryl/α,β-unsaturated/α-hetero) is 1. The molecule has 0 aromatic carbocycles. The molecule has 0 saturated heterocycles. The zero-order chi connectivity index (χ0) is 23.5. The molecule has 10 nitrogen and oxygen atoms in total. The summed E-state index contributed by atoms with van der Waals surface area (Å²) in [5.74, 6) is -2.15. The molecule has 0 bridgehead atoms. The van der Waals surface area contributed by atoms with E-state index in [1.54, 1.807) is 0 Å². The third-order valence-corrected chi connectivity index (χ3v) is 4.33. The van der Waals surface area contributed by atoms with Gasteiger partial charge in [-0.3, -0.25) is 9.59 Å². The van der Waals surface area contributed by atoms with Crippen molar-refractivity contribution >= 4 is 23.9 Å². The van der Waals surface area contributed by atoms with Crippen LogP contribution in [-0.4, -0.2) is 61.4 Å². The topological polar surface area (TPSA) is 157 Å². The second-order valence-corrected chi connectivity index (χ2v) is 6.93. The number of carbonyl (C=O) groups is 4. The van der Waals surface area contributed by atoms with Crippen molar-refractivity contribution in [2.75, 3.05) is 26.3 Å². The summed E-state index contributed by atoms with van der Waals surface area (Å²) < 4.78 is 9.52. The number of rotatable bonds is 18. The Kier molecular flexibility index (Phi) is 16.3. The van der Waals surface area contributed by atoms with Gasteiger partial charge in [0.25, 0.3) is 0 Å². The first kappa shape index (κ1) is 28.1. The minimum absolute atomic E-state index is 0.119. The van der Waals surface area contributed by atoms with Crippen LogP contribution in [0.25, 0.3) is 0 Å². The molecule has 0 fully saturated rings. The summed E-state index contributed by atoms with van der Waals surface area (Å²) in [4.78, 5) is 46.2. The molecule has 2 atom stereocenters. The Bertz CT molecular complexity index is 596. The SMILES string of the molecule is C=CCOC(=O)NCCCCC(N)C(=O)CC(CCCCNC(=O)OCC=C)C(=O)O. The van der Waals surface area contributed by atoms with Crippen molar-refractivity contribution in [1.82, 2.24) is 10.6 Å². The van der Waals surface area contributed by atoms with Crippen LogP contribution in [0.1, 0.15) is 44.9 Å². The van der Waals surface area contributed by atoms with Crippen LogP contribution in [0.15, 0.2) is 25.3 Å². The van der Waals surface area contributed by atoms with Gasteiger partial charge in [0.1, 0.15) is 19.0 Å². The monoisotopic (exact) mass is 441 g/mol. The summed E-state index contributed by atoms with van der Waals surface area (Å²) in [6.45, 7) is 7.87. The third-order valence-electron chi connectivity index (χ3n) is 4.33. The molecule has 0 rings (SSSR count). The lowest BCUT2D eigenvalue weighted by molar-refractivity contribution is -0.144. The summed E-state index contributed by atoms with van der Waals surface area (Å²) in [5.41, 5.74) is 5.89. The molecule has 0 saturated carbocycles. The Balaban J connectivity index is 4.05. The van der Waals surface area contributed by atoms with Crippen molar-refractivity contribution in [3.63, 3.8) is 0 Å². The molecule has 0 spiro atoms. The van der Waals surface area contributed by atoms with E-state index in [0.717, 1.165) is 0 Å². The number of carboxylic acids is 1. The van der Waals surface area contributed by atoms with Crippen LogP contribution >= 0.6 is 0 Å². The molecular formula is C21H35N3O7. The van der Waals surface area contributed by atoms with E-state index in [-0.39, 0.29) is 25.4 Å². The van der Waals surface area contributed by atoms with E-state index in [0.29, 0.717) is 51.6 Å². The van der Waals surface area contributed by atoms with Gasteiger partial charge in [-0.15, -0.1) is 0 Å². The number of unbranched alkanes of at least 4 members (excludes halogenated alkanes) is 2. The first-order valence-corrected chi connectivity index (χ1v) is 10.4. The van der Waals surface area contributed by atoms with E-state index in [1.165, 1.54) is 12.2 Å². The third kappa shape index (κ3) is 15.6. The molecule has 10 heteroatoms. The van der Waals surface area contributed by atoms with E-state index >= 15 is 0 Å². The average molecular weight is 442 g/mol. The average Bonchev–Trinajstić information content (AvgIpc) is 2.74. The number of carboxylic acid groups (broad SMARTS) is 1. The second kappa shape index (κ2) is 17.9. The molecule has 2 unspecified atom stereocenters. The van der Waals surface area contributed by atoms with Crippen molar-refractivity contribution in [2.45, 2.75) is 51.0 Å². The highest BCUT2D eigenvalue weighted by Crippen LogP contribution is 2.15. The van der Waals surface area contributed by atoms with Crippen LogP contribution in [0.2, 0.25) is 0 Å². The molecule has 0 aliphatic heterocycles. The molecule has 0 heterocycles. The van der Waals surface area contributed by atoms with Crippen molar-refractivity contribution in [3.05, 3.63) is 25.3 Å². The standard InChI is InChI=1S/C21H35N3O7/c1-3-13-30-20(28)23-11-7-5-9-16(19(26)27)15-18(25)17(22)10-6-8-12-24-21(29)31-14-4-2/h3-4,16-17H,1-2,5-15,22H2,(H,23,28)(H,24,29)(H,26,27). The second-order valence-electron chi connectivity index (χ2n) is 6.93. The highest BCUT2D eigenvalue weighted by Gasteiger charge is 2.24. The maximum absolute atomic E-state index is 12.3. The smallest absolute Gasteiger partial charge is 0.407 e. The van der Waals surface area contributed by atoms with E-state index in [9.17, 15) is 24.3 Å².